The van der Waals surface area contributed by atoms with Crippen molar-refractivity contribution in [2.45, 2.75) is 97.1 Å². The van der Waals surface area contributed by atoms with Crippen LogP contribution in [0.25, 0.3) is 0 Å². The molecule has 0 unspecified atom stereocenters. The van der Waals surface area contributed by atoms with E-state index in [0.29, 0.717) is 6.42 Å². The van der Waals surface area contributed by atoms with Gasteiger partial charge in [0, 0.05) is 7.05 Å². The van der Waals surface area contributed by atoms with Crippen LogP contribution in [0, 0.1) is 0 Å². The number of rotatable bonds is 11. The summed E-state index contributed by atoms with van der Waals surface area (Å²) in [4.78, 5) is 24.6. The van der Waals surface area contributed by atoms with Gasteiger partial charge in [0.2, 0.25) is 0 Å². The average Bonchev–Trinajstić information content (AvgIpc) is 2.42. The van der Waals surface area contributed by atoms with E-state index in [2.05, 4.69) is 6.92 Å². The zero-order chi connectivity index (χ0) is 17.9. The molecule has 0 fully saturated rings. The molecular weight excluding hydrogens is 294 g/mol. The fourth-order valence-corrected chi connectivity index (χ4v) is 2.42. The van der Waals surface area contributed by atoms with E-state index in [9.17, 15) is 14.7 Å². The second kappa shape index (κ2) is 11.3. The van der Waals surface area contributed by atoms with Crippen molar-refractivity contribution in [3.8, 4) is 0 Å². The molecule has 0 aromatic heterocycles. The fraction of sp³-hybridized carbons (Fsp3) is 0.889. The minimum absolute atomic E-state index is 0.472. The Morgan fingerprint density at radius 2 is 1.48 bits per heavy atom. The van der Waals surface area contributed by atoms with Crippen LogP contribution in [-0.4, -0.2) is 40.8 Å². The summed E-state index contributed by atoms with van der Waals surface area (Å²) in [6.07, 6.45) is 9.15. The maximum atomic E-state index is 12.0. The van der Waals surface area contributed by atoms with Gasteiger partial charge >= 0.3 is 12.1 Å². The highest BCUT2D eigenvalue weighted by molar-refractivity contribution is 5.79. The van der Waals surface area contributed by atoms with E-state index in [1.54, 1.807) is 20.8 Å². The van der Waals surface area contributed by atoms with Crippen molar-refractivity contribution < 1.29 is 19.4 Å². The Kier molecular flexibility index (Phi) is 10.7. The lowest BCUT2D eigenvalue weighted by molar-refractivity contribution is -0.143. The highest BCUT2D eigenvalue weighted by atomic mass is 16.6. The first-order valence-corrected chi connectivity index (χ1v) is 8.87. The lowest BCUT2D eigenvalue weighted by Crippen LogP contribution is -2.44. The lowest BCUT2D eigenvalue weighted by Gasteiger charge is -2.28. The number of hydrogen-bond acceptors (Lipinski definition) is 3. The predicted molar refractivity (Wildman–Crippen MR) is 92.6 cm³/mol. The molecule has 1 atom stereocenters. The van der Waals surface area contributed by atoms with E-state index in [4.69, 9.17) is 4.74 Å². The molecule has 1 amide bonds. The number of aliphatic carboxylic acids is 1. The lowest BCUT2D eigenvalue weighted by atomic mass is 10.0. The summed E-state index contributed by atoms with van der Waals surface area (Å²) in [7, 11) is 1.50. The number of carbonyl (C=O) groups is 2. The average molecular weight is 329 g/mol. The maximum absolute atomic E-state index is 12.0. The molecule has 0 aromatic carbocycles. The van der Waals surface area contributed by atoms with E-state index in [1.807, 2.05) is 0 Å². The Morgan fingerprint density at radius 1 is 1.00 bits per heavy atom. The minimum Gasteiger partial charge on any atom is -0.480 e. The molecule has 0 bridgehead atoms. The van der Waals surface area contributed by atoms with Gasteiger partial charge in [0.15, 0.2) is 0 Å². The molecule has 136 valence electrons. The van der Waals surface area contributed by atoms with Crippen LogP contribution in [0.1, 0.15) is 85.5 Å². The first-order valence-electron chi connectivity index (χ1n) is 8.87. The summed E-state index contributed by atoms with van der Waals surface area (Å²) in [5, 5.41) is 9.34. The summed E-state index contributed by atoms with van der Waals surface area (Å²) in [6.45, 7) is 7.51. The standard InChI is InChI=1S/C18H35NO4/c1-6-7-8-9-10-11-12-13-14-15(16(20)21)19(5)17(22)23-18(2,3)4/h15H,6-14H2,1-5H3,(H,20,21)/t15-/m0/s1. The molecular formula is C18H35NO4. The molecule has 0 aromatic rings. The number of carbonyl (C=O) groups excluding carboxylic acids is 1. The number of hydrogen-bond donors (Lipinski definition) is 1. The van der Waals surface area contributed by atoms with Gasteiger partial charge < -0.3 is 9.84 Å². The summed E-state index contributed by atoms with van der Waals surface area (Å²) < 4.78 is 5.24. The number of amides is 1. The molecule has 23 heavy (non-hydrogen) atoms. The van der Waals surface area contributed by atoms with E-state index in [0.717, 1.165) is 19.3 Å². The Hall–Kier alpha value is -1.26. The van der Waals surface area contributed by atoms with Crippen LogP contribution < -0.4 is 0 Å². The molecule has 0 radical (unpaired) electrons. The summed E-state index contributed by atoms with van der Waals surface area (Å²) in [5.41, 5.74) is -0.618. The van der Waals surface area contributed by atoms with Crippen LogP contribution in [0.4, 0.5) is 4.79 Å². The van der Waals surface area contributed by atoms with Gasteiger partial charge in [0.25, 0.3) is 0 Å². The zero-order valence-electron chi connectivity index (χ0n) is 15.6. The van der Waals surface area contributed by atoms with Gasteiger partial charge in [-0.2, -0.15) is 0 Å². The third-order valence-electron chi connectivity index (χ3n) is 3.77. The van der Waals surface area contributed by atoms with Crippen molar-refractivity contribution in [2.24, 2.45) is 0 Å². The van der Waals surface area contributed by atoms with Crippen LogP contribution in [-0.2, 0) is 9.53 Å². The van der Waals surface area contributed by atoms with Crippen LogP contribution in [0.3, 0.4) is 0 Å². The topological polar surface area (TPSA) is 66.8 Å². The Morgan fingerprint density at radius 3 is 1.91 bits per heavy atom. The molecule has 0 rings (SSSR count). The van der Waals surface area contributed by atoms with Crippen molar-refractivity contribution in [2.75, 3.05) is 7.05 Å². The molecule has 0 spiro atoms. The van der Waals surface area contributed by atoms with Gasteiger partial charge in [-0.1, -0.05) is 58.3 Å². The van der Waals surface area contributed by atoms with Crippen LogP contribution in [0.2, 0.25) is 0 Å². The number of nitrogens with zero attached hydrogens (tertiary/aromatic N) is 1. The van der Waals surface area contributed by atoms with Gasteiger partial charge in [-0.3, -0.25) is 4.90 Å². The molecule has 0 heterocycles. The van der Waals surface area contributed by atoms with E-state index in [-0.39, 0.29) is 0 Å². The first kappa shape index (κ1) is 21.7. The van der Waals surface area contributed by atoms with Gasteiger partial charge in [0.05, 0.1) is 0 Å². The third kappa shape index (κ3) is 11.0. The second-order valence-corrected chi connectivity index (χ2v) is 7.21. The van der Waals surface area contributed by atoms with Gasteiger partial charge in [-0.05, 0) is 27.2 Å². The molecule has 0 aliphatic heterocycles. The molecule has 0 aliphatic carbocycles. The van der Waals surface area contributed by atoms with Gasteiger partial charge in [-0.25, -0.2) is 9.59 Å². The first-order chi connectivity index (χ1) is 10.7. The molecule has 0 saturated heterocycles. The minimum atomic E-state index is -0.971. The van der Waals surface area contributed by atoms with Crippen LogP contribution in [0.15, 0.2) is 0 Å². The van der Waals surface area contributed by atoms with Crippen molar-refractivity contribution in [1.29, 1.82) is 0 Å². The molecule has 1 N–H and O–H groups in total. The predicted octanol–water partition coefficient (Wildman–Crippen LogP) is 4.84. The number of carboxylic acid groups (broad SMARTS) is 1. The zero-order valence-corrected chi connectivity index (χ0v) is 15.6. The van der Waals surface area contributed by atoms with Crippen molar-refractivity contribution in [3.63, 3.8) is 0 Å². The highest BCUT2D eigenvalue weighted by Crippen LogP contribution is 2.16. The monoisotopic (exact) mass is 329 g/mol. The summed E-state index contributed by atoms with van der Waals surface area (Å²) in [6, 6.07) is -0.815. The van der Waals surface area contributed by atoms with Crippen LogP contribution >= 0.6 is 0 Å². The number of carboxylic acids is 1. The third-order valence-corrected chi connectivity index (χ3v) is 3.77. The van der Waals surface area contributed by atoms with E-state index >= 15 is 0 Å². The smallest absolute Gasteiger partial charge is 0.410 e. The van der Waals surface area contributed by atoms with Crippen molar-refractivity contribution in [1.82, 2.24) is 4.90 Å². The fourth-order valence-electron chi connectivity index (χ4n) is 2.42. The Labute approximate surface area is 141 Å². The van der Waals surface area contributed by atoms with E-state index < -0.39 is 23.7 Å². The highest BCUT2D eigenvalue weighted by Gasteiger charge is 2.29. The van der Waals surface area contributed by atoms with Crippen molar-refractivity contribution >= 4 is 12.1 Å². The van der Waals surface area contributed by atoms with Gasteiger partial charge in [0.1, 0.15) is 11.6 Å². The SMILES string of the molecule is CCCCCCCCCC[C@@H](C(=O)O)N(C)C(=O)OC(C)(C)C. The number of ether oxygens (including phenoxy) is 1. The van der Waals surface area contributed by atoms with Gasteiger partial charge in [-0.15, -0.1) is 0 Å². The summed E-state index contributed by atoms with van der Waals surface area (Å²) >= 11 is 0. The molecule has 5 nitrogen and oxygen atoms in total. The Balaban J connectivity index is 4.12. The second-order valence-electron chi connectivity index (χ2n) is 7.21. The van der Waals surface area contributed by atoms with Crippen molar-refractivity contribution in [3.05, 3.63) is 0 Å². The molecule has 0 saturated carbocycles. The van der Waals surface area contributed by atoms with E-state index in [1.165, 1.54) is 44.1 Å². The largest absolute Gasteiger partial charge is 0.480 e. The molecule has 0 aliphatic rings. The van der Waals surface area contributed by atoms with Crippen LogP contribution in [0.5, 0.6) is 0 Å². The number of likely N-dealkylation sites (N-methyl/N-ethyl adjacent to an activating group) is 1. The quantitative estimate of drug-likeness (QED) is 0.551. The number of unbranched alkanes of at least 4 members (excludes halogenated alkanes) is 7. The normalized spacial score (nSPS) is 12.7. The molecule has 5 heteroatoms. The maximum Gasteiger partial charge on any atom is 0.410 e. The Bertz CT molecular complexity index is 349. The summed E-state index contributed by atoms with van der Waals surface area (Å²) in [5.74, 6) is -0.971.